The number of esters is 1. The SMILES string of the molecule is CCc1c(C)cnc2nc(CC(=O)OC)nn12. The molecule has 90 valence electrons. The highest BCUT2D eigenvalue weighted by Gasteiger charge is 2.12. The molecule has 6 nitrogen and oxygen atoms in total. The second kappa shape index (κ2) is 4.48. The number of hydrogen-bond acceptors (Lipinski definition) is 5. The maximum atomic E-state index is 11.1. The Morgan fingerprint density at radius 3 is 2.94 bits per heavy atom. The van der Waals surface area contributed by atoms with Crippen molar-refractivity contribution in [1.82, 2.24) is 19.6 Å². The summed E-state index contributed by atoms with van der Waals surface area (Å²) in [5, 5.41) is 4.27. The Morgan fingerprint density at radius 1 is 1.53 bits per heavy atom. The molecule has 0 aliphatic heterocycles. The molecule has 0 atom stereocenters. The number of carbonyl (C=O) groups is 1. The Balaban J connectivity index is 2.46. The average Bonchev–Trinajstić information content (AvgIpc) is 2.71. The summed E-state index contributed by atoms with van der Waals surface area (Å²) < 4.78 is 6.27. The van der Waals surface area contributed by atoms with Gasteiger partial charge in [0.1, 0.15) is 6.42 Å². The van der Waals surface area contributed by atoms with E-state index in [9.17, 15) is 4.79 Å². The molecule has 0 aromatic carbocycles. The third-order valence-corrected chi connectivity index (χ3v) is 2.58. The molecule has 0 aliphatic rings. The molecule has 2 rings (SSSR count). The zero-order chi connectivity index (χ0) is 12.4. The largest absolute Gasteiger partial charge is 0.469 e. The van der Waals surface area contributed by atoms with Gasteiger partial charge in [-0.2, -0.15) is 4.98 Å². The van der Waals surface area contributed by atoms with E-state index in [0.717, 1.165) is 17.7 Å². The molecule has 0 N–H and O–H groups in total. The molecule has 0 aliphatic carbocycles. The molecular weight excluding hydrogens is 220 g/mol. The number of nitrogens with zero attached hydrogens (tertiary/aromatic N) is 4. The van der Waals surface area contributed by atoms with E-state index in [-0.39, 0.29) is 12.4 Å². The summed E-state index contributed by atoms with van der Waals surface area (Å²) in [7, 11) is 1.35. The van der Waals surface area contributed by atoms with Crippen molar-refractivity contribution < 1.29 is 9.53 Å². The smallest absolute Gasteiger partial charge is 0.313 e. The van der Waals surface area contributed by atoms with E-state index in [0.29, 0.717) is 11.6 Å². The van der Waals surface area contributed by atoms with Gasteiger partial charge in [0.25, 0.3) is 5.78 Å². The highest BCUT2D eigenvalue weighted by Crippen LogP contribution is 2.09. The van der Waals surface area contributed by atoms with Crippen molar-refractivity contribution in [2.75, 3.05) is 7.11 Å². The van der Waals surface area contributed by atoms with E-state index in [1.54, 1.807) is 10.7 Å². The van der Waals surface area contributed by atoms with Crippen LogP contribution >= 0.6 is 0 Å². The fraction of sp³-hybridized carbons (Fsp3) is 0.455. The van der Waals surface area contributed by atoms with Crippen LogP contribution in [0, 0.1) is 6.92 Å². The van der Waals surface area contributed by atoms with Crippen LogP contribution in [0.1, 0.15) is 24.0 Å². The summed E-state index contributed by atoms with van der Waals surface area (Å²) in [6, 6.07) is 0. The second-order valence-electron chi connectivity index (χ2n) is 3.73. The van der Waals surface area contributed by atoms with Crippen LogP contribution in [-0.2, 0) is 22.4 Å². The first-order valence-corrected chi connectivity index (χ1v) is 5.42. The number of rotatable bonds is 3. The van der Waals surface area contributed by atoms with E-state index in [1.807, 2.05) is 13.8 Å². The minimum atomic E-state index is -0.351. The van der Waals surface area contributed by atoms with Crippen LogP contribution < -0.4 is 0 Å². The van der Waals surface area contributed by atoms with Gasteiger partial charge in [-0.15, -0.1) is 5.10 Å². The number of ether oxygens (including phenoxy) is 1. The fourth-order valence-electron chi connectivity index (χ4n) is 1.71. The fourth-order valence-corrected chi connectivity index (χ4v) is 1.71. The Hall–Kier alpha value is -1.98. The van der Waals surface area contributed by atoms with Crippen molar-refractivity contribution in [3.05, 3.63) is 23.3 Å². The van der Waals surface area contributed by atoms with Crippen molar-refractivity contribution in [1.29, 1.82) is 0 Å². The summed E-state index contributed by atoms with van der Waals surface area (Å²) in [4.78, 5) is 19.5. The number of fused-ring (bicyclic) bond motifs is 1. The standard InChI is InChI=1S/C11H14N4O2/c1-4-8-7(2)6-12-11-13-9(14-15(8)11)5-10(16)17-3/h6H,4-5H2,1-3H3. The first kappa shape index (κ1) is 11.5. The van der Waals surface area contributed by atoms with Crippen LogP contribution in [0.15, 0.2) is 6.20 Å². The highest BCUT2D eigenvalue weighted by molar-refractivity contribution is 5.71. The molecule has 2 aromatic heterocycles. The van der Waals surface area contributed by atoms with E-state index in [1.165, 1.54) is 7.11 Å². The van der Waals surface area contributed by atoms with Crippen molar-refractivity contribution in [3.8, 4) is 0 Å². The van der Waals surface area contributed by atoms with Crippen LogP contribution in [0.3, 0.4) is 0 Å². The molecule has 0 amide bonds. The van der Waals surface area contributed by atoms with Gasteiger partial charge in [0.15, 0.2) is 5.82 Å². The highest BCUT2D eigenvalue weighted by atomic mass is 16.5. The summed E-state index contributed by atoms with van der Waals surface area (Å²) in [6.45, 7) is 4.02. The van der Waals surface area contributed by atoms with Crippen LogP contribution in [0.4, 0.5) is 0 Å². The molecule has 0 saturated heterocycles. The maximum absolute atomic E-state index is 11.1. The van der Waals surface area contributed by atoms with Crippen molar-refractivity contribution >= 4 is 11.7 Å². The Bertz CT molecular complexity index is 562. The van der Waals surface area contributed by atoms with E-state index in [2.05, 4.69) is 19.8 Å². The van der Waals surface area contributed by atoms with Gasteiger partial charge in [-0.25, -0.2) is 9.50 Å². The van der Waals surface area contributed by atoms with Gasteiger partial charge in [-0.3, -0.25) is 4.79 Å². The average molecular weight is 234 g/mol. The van der Waals surface area contributed by atoms with Crippen LogP contribution in [0.2, 0.25) is 0 Å². The Morgan fingerprint density at radius 2 is 2.29 bits per heavy atom. The molecule has 0 saturated carbocycles. The molecule has 0 bridgehead atoms. The molecular formula is C11H14N4O2. The first-order chi connectivity index (χ1) is 8.15. The van der Waals surface area contributed by atoms with Crippen molar-refractivity contribution in [2.24, 2.45) is 0 Å². The van der Waals surface area contributed by atoms with Crippen molar-refractivity contribution in [2.45, 2.75) is 26.7 Å². The minimum absolute atomic E-state index is 0.0715. The van der Waals surface area contributed by atoms with Gasteiger partial charge >= 0.3 is 5.97 Å². The van der Waals surface area contributed by atoms with Gasteiger partial charge in [-0.1, -0.05) is 6.92 Å². The van der Waals surface area contributed by atoms with Crippen LogP contribution in [0.5, 0.6) is 0 Å². The lowest BCUT2D eigenvalue weighted by molar-refractivity contribution is -0.139. The number of aryl methyl sites for hydroxylation is 2. The number of methoxy groups -OCH3 is 1. The molecule has 2 aromatic rings. The Labute approximate surface area is 98.6 Å². The zero-order valence-corrected chi connectivity index (χ0v) is 10.1. The number of aromatic nitrogens is 4. The number of carbonyl (C=O) groups excluding carboxylic acids is 1. The molecule has 2 heterocycles. The first-order valence-electron chi connectivity index (χ1n) is 5.42. The van der Waals surface area contributed by atoms with Gasteiger partial charge in [0.2, 0.25) is 0 Å². The molecule has 0 spiro atoms. The minimum Gasteiger partial charge on any atom is -0.469 e. The lowest BCUT2D eigenvalue weighted by Crippen LogP contribution is -2.06. The van der Waals surface area contributed by atoms with Crippen molar-refractivity contribution in [3.63, 3.8) is 0 Å². The van der Waals surface area contributed by atoms with Gasteiger partial charge in [0.05, 0.1) is 12.8 Å². The molecule has 0 unspecified atom stereocenters. The van der Waals surface area contributed by atoms with Gasteiger partial charge in [0, 0.05) is 6.20 Å². The quantitative estimate of drug-likeness (QED) is 0.731. The molecule has 6 heteroatoms. The van der Waals surface area contributed by atoms with Crippen LogP contribution in [0.25, 0.3) is 5.78 Å². The van der Waals surface area contributed by atoms with E-state index < -0.39 is 0 Å². The maximum Gasteiger partial charge on any atom is 0.313 e. The predicted octanol–water partition coefficient (Wildman–Crippen LogP) is 0.711. The van der Waals surface area contributed by atoms with Gasteiger partial charge < -0.3 is 4.74 Å². The lowest BCUT2D eigenvalue weighted by Gasteiger charge is -2.03. The predicted molar refractivity (Wildman–Crippen MR) is 60.6 cm³/mol. The normalized spacial score (nSPS) is 10.8. The molecule has 0 fully saturated rings. The number of hydrogen-bond donors (Lipinski definition) is 0. The van der Waals surface area contributed by atoms with Gasteiger partial charge in [-0.05, 0) is 18.9 Å². The summed E-state index contributed by atoms with van der Waals surface area (Å²) in [5.74, 6) is 0.603. The summed E-state index contributed by atoms with van der Waals surface area (Å²) in [5.41, 5.74) is 2.12. The summed E-state index contributed by atoms with van der Waals surface area (Å²) >= 11 is 0. The van der Waals surface area contributed by atoms with Crippen LogP contribution in [-0.4, -0.2) is 32.7 Å². The monoisotopic (exact) mass is 234 g/mol. The topological polar surface area (TPSA) is 69.4 Å². The lowest BCUT2D eigenvalue weighted by atomic mass is 10.2. The molecule has 17 heavy (non-hydrogen) atoms. The third kappa shape index (κ3) is 2.11. The summed E-state index contributed by atoms with van der Waals surface area (Å²) in [6.07, 6.45) is 2.68. The third-order valence-electron chi connectivity index (χ3n) is 2.58. The van der Waals surface area contributed by atoms with E-state index >= 15 is 0 Å². The second-order valence-corrected chi connectivity index (χ2v) is 3.73. The zero-order valence-electron chi connectivity index (χ0n) is 10.1. The molecule has 0 radical (unpaired) electrons. The van der Waals surface area contributed by atoms with E-state index in [4.69, 9.17) is 0 Å². The Kier molecular flexibility index (Phi) is 3.03.